The summed E-state index contributed by atoms with van der Waals surface area (Å²) in [6.07, 6.45) is 5.52. The van der Waals surface area contributed by atoms with E-state index >= 15 is 0 Å². The quantitative estimate of drug-likeness (QED) is 0.816. The Bertz CT molecular complexity index is 415. The molecule has 2 fully saturated rings. The Morgan fingerprint density at radius 1 is 0.957 bits per heavy atom. The minimum absolute atomic E-state index is 0.256. The van der Waals surface area contributed by atoms with Gasteiger partial charge in [0.2, 0.25) is 0 Å². The second-order valence-electron chi connectivity index (χ2n) is 10.3. The van der Waals surface area contributed by atoms with Gasteiger partial charge in [-0.3, -0.25) is 0 Å². The van der Waals surface area contributed by atoms with E-state index < -0.39 is 5.60 Å². The van der Waals surface area contributed by atoms with Crippen LogP contribution in [-0.4, -0.2) is 29.8 Å². The van der Waals surface area contributed by atoms with E-state index in [9.17, 15) is 4.79 Å². The summed E-state index contributed by atoms with van der Waals surface area (Å²) in [6.45, 7) is 15.2. The Morgan fingerprint density at radius 2 is 1.48 bits per heavy atom. The molecule has 0 aromatic carbocycles. The third-order valence-electron chi connectivity index (χ3n) is 4.89. The van der Waals surface area contributed by atoms with Crippen molar-refractivity contribution >= 4 is 6.09 Å². The van der Waals surface area contributed by atoms with Crippen LogP contribution in [0.2, 0.25) is 0 Å². The van der Waals surface area contributed by atoms with E-state index in [1.165, 1.54) is 19.3 Å². The standard InChI is InChI=1S/C19H36N2O2/c1-17(2,3)23-16(22)21-14-8-13(9-14)20-15-10-18(4,5)12-19(6,7)11-15/h13-15,20H,8-12H2,1-7H3,(H,21,22). The van der Waals surface area contributed by atoms with Crippen LogP contribution in [0, 0.1) is 10.8 Å². The highest BCUT2D eigenvalue weighted by Crippen LogP contribution is 2.46. The van der Waals surface area contributed by atoms with E-state index in [-0.39, 0.29) is 12.1 Å². The van der Waals surface area contributed by atoms with Crippen LogP contribution in [0.4, 0.5) is 4.79 Å². The zero-order valence-electron chi connectivity index (χ0n) is 16.1. The van der Waals surface area contributed by atoms with Gasteiger partial charge in [0.05, 0.1) is 0 Å². The summed E-state index contributed by atoms with van der Waals surface area (Å²) in [5, 5.41) is 6.80. The van der Waals surface area contributed by atoms with Gasteiger partial charge in [-0.25, -0.2) is 4.79 Å². The predicted molar refractivity (Wildman–Crippen MR) is 94.5 cm³/mol. The van der Waals surface area contributed by atoms with Crippen LogP contribution in [0.1, 0.15) is 80.6 Å². The number of carbonyl (C=O) groups is 1. The molecule has 0 saturated heterocycles. The number of carbonyl (C=O) groups excluding carboxylic acids is 1. The van der Waals surface area contributed by atoms with Gasteiger partial charge in [0.15, 0.2) is 0 Å². The molecule has 0 bridgehead atoms. The summed E-state index contributed by atoms with van der Waals surface area (Å²) >= 11 is 0. The van der Waals surface area contributed by atoms with Crippen molar-refractivity contribution in [3.8, 4) is 0 Å². The van der Waals surface area contributed by atoms with Gasteiger partial charge >= 0.3 is 6.09 Å². The molecule has 4 heteroatoms. The average Bonchev–Trinajstić information content (AvgIpc) is 2.18. The molecule has 4 nitrogen and oxygen atoms in total. The summed E-state index contributed by atoms with van der Waals surface area (Å²) in [4.78, 5) is 11.8. The number of rotatable bonds is 3. The Hall–Kier alpha value is -0.770. The van der Waals surface area contributed by atoms with Crippen LogP contribution < -0.4 is 10.6 Å². The lowest BCUT2D eigenvalue weighted by Gasteiger charge is -2.48. The van der Waals surface area contributed by atoms with Crippen molar-refractivity contribution in [1.82, 2.24) is 10.6 Å². The molecule has 2 aliphatic rings. The predicted octanol–water partition coefficient (Wildman–Crippen LogP) is 4.24. The topological polar surface area (TPSA) is 50.4 Å². The third-order valence-corrected chi connectivity index (χ3v) is 4.89. The zero-order chi connectivity index (χ0) is 17.5. The van der Waals surface area contributed by atoms with Crippen molar-refractivity contribution in [2.24, 2.45) is 10.8 Å². The molecule has 0 aliphatic heterocycles. The molecule has 1 amide bonds. The zero-order valence-corrected chi connectivity index (χ0v) is 16.1. The first kappa shape index (κ1) is 18.6. The minimum atomic E-state index is -0.426. The minimum Gasteiger partial charge on any atom is -0.444 e. The average molecular weight is 325 g/mol. The maximum Gasteiger partial charge on any atom is 0.407 e. The first-order valence-corrected chi connectivity index (χ1v) is 9.09. The maximum atomic E-state index is 11.8. The van der Waals surface area contributed by atoms with E-state index in [2.05, 4.69) is 38.3 Å². The molecule has 0 radical (unpaired) electrons. The molecule has 2 aliphatic carbocycles. The van der Waals surface area contributed by atoms with Crippen LogP contribution in [0.25, 0.3) is 0 Å². The lowest BCUT2D eigenvalue weighted by Crippen LogP contribution is -2.57. The van der Waals surface area contributed by atoms with Crippen LogP contribution in [-0.2, 0) is 4.74 Å². The van der Waals surface area contributed by atoms with Crippen LogP contribution in [0.5, 0.6) is 0 Å². The second kappa shape index (κ2) is 6.27. The molecule has 2 N–H and O–H groups in total. The highest BCUT2D eigenvalue weighted by molar-refractivity contribution is 5.68. The number of hydrogen-bond acceptors (Lipinski definition) is 3. The number of alkyl carbamates (subject to hydrolysis) is 1. The summed E-state index contributed by atoms with van der Waals surface area (Å²) < 4.78 is 5.31. The van der Waals surface area contributed by atoms with Crippen molar-refractivity contribution in [2.75, 3.05) is 0 Å². The van der Waals surface area contributed by atoms with E-state index in [4.69, 9.17) is 4.74 Å². The number of amides is 1. The SMILES string of the molecule is CC1(C)CC(NC2CC(NC(=O)OC(C)(C)C)C2)CC(C)(C)C1. The number of hydrogen-bond donors (Lipinski definition) is 2. The smallest absolute Gasteiger partial charge is 0.407 e. The van der Waals surface area contributed by atoms with E-state index in [1.54, 1.807) is 0 Å². The fourth-order valence-corrected chi connectivity index (χ4v) is 4.64. The van der Waals surface area contributed by atoms with Gasteiger partial charge in [-0.2, -0.15) is 0 Å². The second-order valence-corrected chi connectivity index (χ2v) is 10.3. The van der Waals surface area contributed by atoms with E-state index in [0.29, 0.717) is 22.9 Å². The molecule has 0 atom stereocenters. The fraction of sp³-hybridized carbons (Fsp3) is 0.947. The van der Waals surface area contributed by atoms with Crippen molar-refractivity contribution in [3.05, 3.63) is 0 Å². The lowest BCUT2D eigenvalue weighted by molar-refractivity contribution is 0.0439. The van der Waals surface area contributed by atoms with Gasteiger partial charge in [-0.15, -0.1) is 0 Å². The summed E-state index contributed by atoms with van der Waals surface area (Å²) in [6, 6.07) is 1.39. The summed E-state index contributed by atoms with van der Waals surface area (Å²) in [7, 11) is 0. The van der Waals surface area contributed by atoms with Crippen LogP contribution >= 0.6 is 0 Å². The van der Waals surface area contributed by atoms with Gasteiger partial charge in [-0.1, -0.05) is 27.7 Å². The molecular weight excluding hydrogens is 288 g/mol. The molecule has 0 heterocycles. The largest absolute Gasteiger partial charge is 0.444 e. The monoisotopic (exact) mass is 324 g/mol. The molecule has 0 spiro atoms. The van der Waals surface area contributed by atoms with Crippen molar-refractivity contribution in [2.45, 2.75) is 104 Å². The normalized spacial score (nSPS) is 30.4. The van der Waals surface area contributed by atoms with Gasteiger partial charge < -0.3 is 15.4 Å². The van der Waals surface area contributed by atoms with Crippen molar-refractivity contribution in [3.63, 3.8) is 0 Å². The van der Waals surface area contributed by atoms with Gasteiger partial charge in [0, 0.05) is 18.1 Å². The first-order chi connectivity index (χ1) is 10.3. The van der Waals surface area contributed by atoms with Crippen molar-refractivity contribution in [1.29, 1.82) is 0 Å². The third kappa shape index (κ3) is 5.98. The van der Waals surface area contributed by atoms with Gasteiger partial charge in [-0.05, 0) is 63.7 Å². The molecule has 2 rings (SSSR count). The molecular formula is C19H36N2O2. The Labute approximate surface area is 142 Å². The number of nitrogens with one attached hydrogen (secondary N) is 2. The molecule has 0 aromatic rings. The fourth-order valence-electron chi connectivity index (χ4n) is 4.64. The highest BCUT2D eigenvalue weighted by atomic mass is 16.6. The number of ether oxygens (including phenoxy) is 1. The van der Waals surface area contributed by atoms with E-state index in [1.807, 2.05) is 20.8 Å². The molecule has 0 unspecified atom stereocenters. The molecule has 2 saturated carbocycles. The maximum absolute atomic E-state index is 11.8. The Balaban J connectivity index is 1.73. The summed E-state index contributed by atoms with van der Waals surface area (Å²) in [5.74, 6) is 0. The molecule has 0 aromatic heterocycles. The van der Waals surface area contributed by atoms with E-state index in [0.717, 1.165) is 12.8 Å². The van der Waals surface area contributed by atoms with Crippen molar-refractivity contribution < 1.29 is 9.53 Å². The van der Waals surface area contributed by atoms with Gasteiger partial charge in [0.25, 0.3) is 0 Å². The highest BCUT2D eigenvalue weighted by Gasteiger charge is 2.40. The summed E-state index contributed by atoms with van der Waals surface area (Å²) in [5.41, 5.74) is 0.402. The Morgan fingerprint density at radius 3 is 1.96 bits per heavy atom. The Kier molecular flexibility index (Phi) is 5.06. The first-order valence-electron chi connectivity index (χ1n) is 9.09. The van der Waals surface area contributed by atoms with Crippen LogP contribution in [0.15, 0.2) is 0 Å². The molecule has 134 valence electrons. The lowest BCUT2D eigenvalue weighted by atomic mass is 9.63. The van der Waals surface area contributed by atoms with Gasteiger partial charge in [0.1, 0.15) is 5.60 Å². The molecule has 23 heavy (non-hydrogen) atoms. The van der Waals surface area contributed by atoms with Crippen LogP contribution in [0.3, 0.4) is 0 Å².